The fraction of sp³-hybridized carbons (Fsp3) is 0.359. The molecule has 14 nitrogen and oxygen atoms in total. The summed E-state index contributed by atoms with van der Waals surface area (Å²) in [4.78, 5) is 68.0. The van der Waals surface area contributed by atoms with Crippen LogP contribution in [-0.4, -0.2) is 75.4 Å². The van der Waals surface area contributed by atoms with Crippen LogP contribution in [0.5, 0.6) is 5.75 Å². The van der Waals surface area contributed by atoms with Gasteiger partial charge in [-0.2, -0.15) is 0 Å². The van der Waals surface area contributed by atoms with Crippen molar-refractivity contribution in [2.75, 3.05) is 6.54 Å². The molecule has 0 aliphatic heterocycles. The maximum Gasteiger partial charge on any atom is 0.408 e. The predicted molar refractivity (Wildman–Crippen MR) is 197 cm³/mol. The second-order valence-electron chi connectivity index (χ2n) is 13.6. The SMILES string of the molecule is CC(C)(C)OC(=O)N[C@@H](Cc1ccc(O)cc1)C(=O)N[C@H](Cc1c[nH]c2ccccc12)C(=O)N[C@@H](CCCCNC(=O)OCc1ccccc1)C(=O)O. The molecule has 0 unspecified atom stereocenters. The zero-order valence-corrected chi connectivity index (χ0v) is 30.0. The molecule has 0 fully saturated rings. The van der Waals surface area contributed by atoms with Crippen LogP contribution in [0.2, 0.25) is 0 Å². The van der Waals surface area contributed by atoms with Crippen LogP contribution in [0.1, 0.15) is 56.7 Å². The summed E-state index contributed by atoms with van der Waals surface area (Å²) in [6, 6.07) is 19.0. The summed E-state index contributed by atoms with van der Waals surface area (Å²) in [6.45, 7) is 5.39. The second kappa shape index (κ2) is 19.0. The first-order chi connectivity index (χ1) is 25.3. The van der Waals surface area contributed by atoms with E-state index in [-0.39, 0.29) is 38.2 Å². The Bertz CT molecular complexity index is 1840. The van der Waals surface area contributed by atoms with Crippen LogP contribution in [0.15, 0.2) is 85.1 Å². The topological polar surface area (TPSA) is 208 Å². The van der Waals surface area contributed by atoms with Gasteiger partial charge in [-0.05, 0) is 74.9 Å². The molecule has 0 radical (unpaired) electrons. The van der Waals surface area contributed by atoms with Crippen LogP contribution in [0, 0.1) is 0 Å². The first-order valence-electron chi connectivity index (χ1n) is 17.4. The number of phenolic OH excluding ortho intramolecular Hbond substituents is 1. The summed E-state index contributed by atoms with van der Waals surface area (Å²) in [6.07, 6.45) is 1.10. The second-order valence-corrected chi connectivity index (χ2v) is 13.6. The summed E-state index contributed by atoms with van der Waals surface area (Å²) in [5.74, 6) is -2.68. The Morgan fingerprint density at radius 2 is 1.38 bits per heavy atom. The largest absolute Gasteiger partial charge is 0.508 e. The highest BCUT2D eigenvalue weighted by molar-refractivity contribution is 5.94. The Kier molecular flexibility index (Phi) is 14.2. The van der Waals surface area contributed by atoms with Gasteiger partial charge in [-0.3, -0.25) is 9.59 Å². The average molecular weight is 730 g/mol. The van der Waals surface area contributed by atoms with Gasteiger partial charge in [0.15, 0.2) is 0 Å². The summed E-state index contributed by atoms with van der Waals surface area (Å²) in [5.41, 5.74) is 2.12. The van der Waals surface area contributed by atoms with Crippen molar-refractivity contribution in [1.82, 2.24) is 26.3 Å². The predicted octanol–water partition coefficient (Wildman–Crippen LogP) is 4.70. The van der Waals surface area contributed by atoms with Crippen LogP contribution in [0.4, 0.5) is 9.59 Å². The van der Waals surface area contributed by atoms with E-state index in [2.05, 4.69) is 26.3 Å². The lowest BCUT2D eigenvalue weighted by atomic mass is 10.0. The van der Waals surface area contributed by atoms with E-state index < -0.39 is 53.7 Å². The zero-order chi connectivity index (χ0) is 38.4. The first kappa shape index (κ1) is 39.7. The van der Waals surface area contributed by atoms with Gasteiger partial charge in [-0.1, -0.05) is 60.7 Å². The lowest BCUT2D eigenvalue weighted by molar-refractivity contribution is -0.142. The molecule has 0 aliphatic rings. The van der Waals surface area contributed by atoms with Gasteiger partial charge in [0.2, 0.25) is 11.8 Å². The van der Waals surface area contributed by atoms with Crippen LogP contribution in [0.3, 0.4) is 0 Å². The Labute approximate surface area is 307 Å². The average Bonchev–Trinajstić information content (AvgIpc) is 3.52. The third-order valence-electron chi connectivity index (χ3n) is 8.13. The number of aromatic hydroxyl groups is 1. The highest BCUT2D eigenvalue weighted by atomic mass is 16.6. The number of rotatable bonds is 17. The Hall–Kier alpha value is -6.05. The number of H-pyrrole nitrogens is 1. The minimum Gasteiger partial charge on any atom is -0.508 e. The van der Waals surface area contributed by atoms with E-state index in [1.165, 1.54) is 12.1 Å². The highest BCUT2D eigenvalue weighted by Crippen LogP contribution is 2.20. The summed E-state index contributed by atoms with van der Waals surface area (Å²) in [7, 11) is 0. The van der Waals surface area contributed by atoms with Gasteiger partial charge in [-0.25, -0.2) is 14.4 Å². The van der Waals surface area contributed by atoms with Crippen LogP contribution < -0.4 is 21.3 Å². The number of fused-ring (bicyclic) bond motifs is 1. The number of hydrogen-bond donors (Lipinski definition) is 7. The summed E-state index contributed by atoms with van der Waals surface area (Å²) >= 11 is 0. The number of benzene rings is 3. The van der Waals surface area contributed by atoms with Crippen molar-refractivity contribution >= 4 is 40.9 Å². The Morgan fingerprint density at radius 3 is 2.06 bits per heavy atom. The van der Waals surface area contributed by atoms with E-state index in [9.17, 15) is 34.2 Å². The van der Waals surface area contributed by atoms with E-state index in [0.717, 1.165) is 16.5 Å². The summed E-state index contributed by atoms with van der Waals surface area (Å²) in [5, 5.41) is 31.1. The molecule has 1 heterocycles. The van der Waals surface area contributed by atoms with Crippen molar-refractivity contribution in [3.63, 3.8) is 0 Å². The monoisotopic (exact) mass is 729 g/mol. The van der Waals surface area contributed by atoms with Gasteiger partial charge in [0.05, 0.1) is 0 Å². The maximum absolute atomic E-state index is 13.9. The number of hydrogen-bond acceptors (Lipinski definition) is 8. The van der Waals surface area contributed by atoms with Crippen LogP contribution in [-0.2, 0) is 43.3 Å². The Balaban J connectivity index is 1.44. The van der Waals surface area contributed by atoms with Crippen molar-refractivity contribution in [3.05, 3.63) is 102 Å². The van der Waals surface area contributed by atoms with Gasteiger partial charge < -0.3 is 45.9 Å². The highest BCUT2D eigenvalue weighted by Gasteiger charge is 2.31. The number of phenols is 1. The molecule has 4 rings (SSSR count). The van der Waals surface area contributed by atoms with Crippen molar-refractivity contribution < 1.29 is 43.7 Å². The molecule has 3 aromatic carbocycles. The zero-order valence-electron chi connectivity index (χ0n) is 30.0. The lowest BCUT2D eigenvalue weighted by Crippen LogP contribution is -2.57. The normalized spacial score (nSPS) is 12.9. The molecule has 7 N–H and O–H groups in total. The molecule has 0 spiro atoms. The molecular weight excluding hydrogens is 682 g/mol. The van der Waals surface area contributed by atoms with E-state index in [1.807, 2.05) is 54.6 Å². The minimum atomic E-state index is -1.29. The van der Waals surface area contributed by atoms with E-state index in [1.54, 1.807) is 39.1 Å². The van der Waals surface area contributed by atoms with Crippen molar-refractivity contribution in [2.45, 2.75) is 83.2 Å². The molecule has 4 amide bonds. The third kappa shape index (κ3) is 13.2. The molecule has 4 aromatic rings. The molecule has 3 atom stereocenters. The van der Waals surface area contributed by atoms with E-state index in [4.69, 9.17) is 9.47 Å². The van der Waals surface area contributed by atoms with Crippen LogP contribution in [0.25, 0.3) is 10.9 Å². The van der Waals surface area contributed by atoms with Gasteiger partial charge in [0.1, 0.15) is 36.1 Å². The molecular formula is C39H47N5O9. The number of aromatic nitrogens is 1. The standard InChI is InChI=1S/C39H47N5O9/c1-39(2,3)53-38(51)44-32(21-25-16-18-28(45)19-17-25)34(46)43-33(22-27-23-41-30-14-8-7-13-29(27)30)35(47)42-31(36(48)49)15-9-10-20-40-37(50)52-24-26-11-5-4-6-12-26/h4-8,11-14,16-19,23,31-33,41,45H,9-10,15,20-22,24H2,1-3H3,(H,40,50)(H,42,47)(H,43,46)(H,44,51)(H,48,49)/t31-,32-,33+/m0/s1. The number of carboxylic acid groups (broad SMARTS) is 1. The van der Waals surface area contributed by atoms with Crippen molar-refractivity contribution in [1.29, 1.82) is 0 Å². The van der Waals surface area contributed by atoms with E-state index in [0.29, 0.717) is 24.0 Å². The number of ether oxygens (including phenoxy) is 2. The van der Waals surface area contributed by atoms with E-state index >= 15 is 0 Å². The number of carbonyl (C=O) groups is 5. The number of carbonyl (C=O) groups excluding carboxylic acids is 4. The molecule has 0 aliphatic carbocycles. The van der Waals surface area contributed by atoms with Gasteiger partial charge >= 0.3 is 18.2 Å². The van der Waals surface area contributed by atoms with Crippen LogP contribution >= 0.6 is 0 Å². The number of carboxylic acids is 1. The lowest BCUT2D eigenvalue weighted by Gasteiger charge is -2.26. The molecule has 53 heavy (non-hydrogen) atoms. The van der Waals surface area contributed by atoms with Crippen molar-refractivity contribution in [2.24, 2.45) is 0 Å². The molecule has 1 aromatic heterocycles. The van der Waals surface area contributed by atoms with Gasteiger partial charge in [0, 0.05) is 36.5 Å². The molecule has 0 saturated carbocycles. The third-order valence-corrected chi connectivity index (χ3v) is 8.13. The molecule has 282 valence electrons. The fourth-order valence-corrected chi connectivity index (χ4v) is 5.50. The number of aliphatic carboxylic acids is 1. The number of amides is 4. The number of unbranched alkanes of at least 4 members (excludes halogenated alkanes) is 1. The van der Waals surface area contributed by atoms with Crippen molar-refractivity contribution in [3.8, 4) is 5.75 Å². The molecule has 0 bridgehead atoms. The number of alkyl carbamates (subject to hydrolysis) is 2. The summed E-state index contributed by atoms with van der Waals surface area (Å²) < 4.78 is 10.6. The number of nitrogens with one attached hydrogen (secondary N) is 5. The number of aromatic amines is 1. The Morgan fingerprint density at radius 1 is 0.736 bits per heavy atom. The fourth-order valence-electron chi connectivity index (χ4n) is 5.50. The number of para-hydroxylation sites is 1. The maximum atomic E-state index is 13.9. The quantitative estimate of drug-likeness (QED) is 0.0751. The van der Waals surface area contributed by atoms with Gasteiger partial charge in [-0.15, -0.1) is 0 Å². The molecule has 14 heteroatoms. The molecule has 0 saturated heterocycles. The first-order valence-corrected chi connectivity index (χ1v) is 17.4. The van der Waals surface area contributed by atoms with Gasteiger partial charge in [0.25, 0.3) is 0 Å². The smallest absolute Gasteiger partial charge is 0.408 e. The minimum absolute atomic E-state index is 0.00130.